The third-order valence-electron chi connectivity index (χ3n) is 3.34. The van der Waals surface area contributed by atoms with E-state index in [0.717, 1.165) is 0 Å². The average Bonchev–Trinajstić information content (AvgIpc) is 2.60. The van der Waals surface area contributed by atoms with Crippen LogP contribution in [-0.2, 0) is 4.79 Å². The van der Waals surface area contributed by atoms with Crippen molar-refractivity contribution in [2.24, 2.45) is 0 Å². The van der Waals surface area contributed by atoms with E-state index in [1.807, 2.05) is 25.1 Å². The summed E-state index contributed by atoms with van der Waals surface area (Å²) in [4.78, 5) is 22.7. The Labute approximate surface area is 139 Å². The quantitative estimate of drug-likeness (QED) is 0.620. The number of nitrogens with zero attached hydrogens (tertiary/aromatic N) is 1. The molecule has 0 aliphatic rings. The van der Waals surface area contributed by atoms with Crippen molar-refractivity contribution in [2.45, 2.75) is 19.4 Å². The van der Waals surface area contributed by atoms with Gasteiger partial charge >= 0.3 is 0 Å². The summed E-state index contributed by atoms with van der Waals surface area (Å²) >= 11 is 0. The molecule has 7 nitrogen and oxygen atoms in total. The second-order valence-corrected chi connectivity index (χ2v) is 4.96. The predicted octanol–water partition coefficient (Wildman–Crippen LogP) is 3.40. The van der Waals surface area contributed by atoms with E-state index in [1.54, 1.807) is 12.1 Å². The molecular formula is C17H18N2O5. The molecule has 0 bridgehead atoms. The van der Waals surface area contributed by atoms with E-state index >= 15 is 0 Å². The van der Waals surface area contributed by atoms with Gasteiger partial charge in [-0.2, -0.15) is 0 Å². The Kier molecular flexibility index (Phi) is 5.73. The van der Waals surface area contributed by atoms with Crippen LogP contribution < -0.4 is 14.8 Å². The molecule has 126 valence electrons. The number of ether oxygens (including phenoxy) is 2. The maximum Gasteiger partial charge on any atom is 0.273 e. The average molecular weight is 330 g/mol. The number of methoxy groups -OCH3 is 1. The molecule has 0 heterocycles. The second-order valence-electron chi connectivity index (χ2n) is 4.96. The largest absolute Gasteiger partial charge is 0.494 e. The minimum Gasteiger partial charge on any atom is -0.494 e. The first-order valence-corrected chi connectivity index (χ1v) is 7.40. The molecule has 0 fully saturated rings. The third-order valence-corrected chi connectivity index (χ3v) is 3.34. The van der Waals surface area contributed by atoms with Crippen molar-refractivity contribution in [1.29, 1.82) is 0 Å². The van der Waals surface area contributed by atoms with Gasteiger partial charge in [0.15, 0.2) is 6.10 Å². The number of carbonyl (C=O) groups is 1. The lowest BCUT2D eigenvalue weighted by atomic mass is 10.2. The molecule has 0 saturated heterocycles. The van der Waals surface area contributed by atoms with Gasteiger partial charge in [0.05, 0.1) is 23.8 Å². The SMILES string of the molecule is CCC(Oc1ccccc1)C(=O)Nc1ccc([N+](=O)[O-])cc1OC. The number of para-hydroxylation sites is 1. The molecule has 1 amide bonds. The molecule has 0 aliphatic heterocycles. The van der Waals surface area contributed by atoms with Crippen LogP contribution in [0, 0.1) is 10.1 Å². The zero-order valence-corrected chi connectivity index (χ0v) is 13.4. The van der Waals surface area contributed by atoms with E-state index in [4.69, 9.17) is 9.47 Å². The van der Waals surface area contributed by atoms with Crippen LogP contribution in [0.25, 0.3) is 0 Å². The highest BCUT2D eigenvalue weighted by Gasteiger charge is 2.21. The standard InChI is InChI=1S/C17H18N2O5/c1-3-15(24-13-7-5-4-6-8-13)17(20)18-14-10-9-12(19(21)22)11-16(14)23-2/h4-11,15H,3H2,1-2H3,(H,18,20). The number of amides is 1. The van der Waals surface area contributed by atoms with Gasteiger partial charge in [-0.05, 0) is 24.6 Å². The van der Waals surface area contributed by atoms with Gasteiger partial charge in [0.1, 0.15) is 11.5 Å². The first-order chi connectivity index (χ1) is 11.5. The maximum atomic E-state index is 12.4. The van der Waals surface area contributed by atoms with Crippen molar-refractivity contribution in [3.8, 4) is 11.5 Å². The van der Waals surface area contributed by atoms with Crippen molar-refractivity contribution in [2.75, 3.05) is 12.4 Å². The Bertz CT molecular complexity index is 718. The smallest absolute Gasteiger partial charge is 0.273 e. The van der Waals surface area contributed by atoms with Gasteiger partial charge in [-0.3, -0.25) is 14.9 Å². The summed E-state index contributed by atoms with van der Waals surface area (Å²) in [6, 6.07) is 13.0. The molecule has 24 heavy (non-hydrogen) atoms. The highest BCUT2D eigenvalue weighted by atomic mass is 16.6. The molecule has 0 aliphatic carbocycles. The van der Waals surface area contributed by atoms with Crippen LogP contribution in [0.2, 0.25) is 0 Å². The van der Waals surface area contributed by atoms with Gasteiger partial charge in [-0.25, -0.2) is 0 Å². The topological polar surface area (TPSA) is 90.7 Å². The second kappa shape index (κ2) is 7.96. The molecule has 2 aromatic carbocycles. The van der Waals surface area contributed by atoms with E-state index in [0.29, 0.717) is 17.9 Å². The molecule has 2 aromatic rings. The summed E-state index contributed by atoms with van der Waals surface area (Å²) in [5.41, 5.74) is 0.237. The van der Waals surface area contributed by atoms with Crippen LogP contribution in [0.4, 0.5) is 11.4 Å². The molecule has 1 unspecified atom stereocenters. The molecule has 1 atom stereocenters. The predicted molar refractivity (Wildman–Crippen MR) is 89.4 cm³/mol. The van der Waals surface area contributed by atoms with Crippen molar-refractivity contribution < 1.29 is 19.2 Å². The Morgan fingerprint density at radius 3 is 2.54 bits per heavy atom. The Morgan fingerprint density at radius 1 is 1.25 bits per heavy atom. The minimum absolute atomic E-state index is 0.113. The number of benzene rings is 2. The number of rotatable bonds is 7. The number of non-ortho nitro benzene ring substituents is 1. The lowest BCUT2D eigenvalue weighted by Crippen LogP contribution is -2.32. The molecule has 7 heteroatoms. The van der Waals surface area contributed by atoms with Gasteiger partial charge in [-0.1, -0.05) is 25.1 Å². The molecule has 0 radical (unpaired) electrons. The fourth-order valence-electron chi connectivity index (χ4n) is 2.10. The molecular weight excluding hydrogens is 312 g/mol. The number of hydrogen-bond acceptors (Lipinski definition) is 5. The van der Waals surface area contributed by atoms with Crippen LogP contribution in [0.3, 0.4) is 0 Å². The molecule has 1 N–H and O–H groups in total. The van der Waals surface area contributed by atoms with Crippen molar-refractivity contribution in [1.82, 2.24) is 0 Å². The van der Waals surface area contributed by atoms with Crippen molar-refractivity contribution >= 4 is 17.3 Å². The number of carbonyl (C=O) groups excluding carboxylic acids is 1. The maximum absolute atomic E-state index is 12.4. The summed E-state index contributed by atoms with van der Waals surface area (Å²) in [6.45, 7) is 1.83. The summed E-state index contributed by atoms with van der Waals surface area (Å²) < 4.78 is 10.8. The number of nitro benzene ring substituents is 1. The van der Waals surface area contributed by atoms with Crippen LogP contribution in [0.1, 0.15) is 13.3 Å². The van der Waals surface area contributed by atoms with Gasteiger partial charge in [0.25, 0.3) is 11.6 Å². The third kappa shape index (κ3) is 4.22. The van der Waals surface area contributed by atoms with Gasteiger partial charge < -0.3 is 14.8 Å². The number of nitrogens with one attached hydrogen (secondary N) is 1. The molecule has 0 saturated carbocycles. The number of hydrogen-bond donors (Lipinski definition) is 1. The summed E-state index contributed by atoms with van der Waals surface area (Å²) in [5, 5.41) is 13.5. The van der Waals surface area contributed by atoms with E-state index < -0.39 is 11.0 Å². The zero-order valence-electron chi connectivity index (χ0n) is 13.4. The lowest BCUT2D eigenvalue weighted by Gasteiger charge is -2.18. The first-order valence-electron chi connectivity index (χ1n) is 7.40. The van der Waals surface area contributed by atoms with Crippen molar-refractivity contribution in [3.63, 3.8) is 0 Å². The van der Waals surface area contributed by atoms with Crippen LogP contribution in [0.15, 0.2) is 48.5 Å². The Morgan fingerprint density at radius 2 is 1.96 bits per heavy atom. The lowest BCUT2D eigenvalue weighted by molar-refractivity contribution is -0.384. The summed E-state index contributed by atoms with van der Waals surface area (Å²) in [7, 11) is 1.38. The molecule has 2 rings (SSSR count). The van der Waals surface area contributed by atoms with E-state index in [1.165, 1.54) is 25.3 Å². The number of nitro groups is 1. The van der Waals surface area contributed by atoms with Crippen LogP contribution in [-0.4, -0.2) is 24.0 Å². The van der Waals surface area contributed by atoms with Crippen LogP contribution >= 0.6 is 0 Å². The fraction of sp³-hybridized carbons (Fsp3) is 0.235. The summed E-state index contributed by atoms with van der Waals surface area (Å²) in [6.07, 6.45) is -0.219. The summed E-state index contributed by atoms with van der Waals surface area (Å²) in [5.74, 6) is 0.454. The normalized spacial score (nSPS) is 11.4. The monoisotopic (exact) mass is 330 g/mol. The zero-order chi connectivity index (χ0) is 17.5. The van der Waals surface area contributed by atoms with E-state index in [2.05, 4.69) is 5.32 Å². The van der Waals surface area contributed by atoms with E-state index in [9.17, 15) is 14.9 Å². The van der Waals surface area contributed by atoms with E-state index in [-0.39, 0.29) is 17.3 Å². The molecule has 0 spiro atoms. The van der Waals surface area contributed by atoms with Gasteiger partial charge in [-0.15, -0.1) is 0 Å². The highest BCUT2D eigenvalue weighted by Crippen LogP contribution is 2.29. The fourth-order valence-corrected chi connectivity index (χ4v) is 2.10. The van der Waals surface area contributed by atoms with Gasteiger partial charge in [0.2, 0.25) is 0 Å². The first kappa shape index (κ1) is 17.3. The minimum atomic E-state index is -0.688. The Hall–Kier alpha value is -3.09. The van der Waals surface area contributed by atoms with Crippen molar-refractivity contribution in [3.05, 3.63) is 58.6 Å². The molecule has 0 aromatic heterocycles. The van der Waals surface area contributed by atoms with Gasteiger partial charge in [0, 0.05) is 6.07 Å². The van der Waals surface area contributed by atoms with Crippen LogP contribution in [0.5, 0.6) is 11.5 Å². The Balaban J connectivity index is 2.13. The highest BCUT2D eigenvalue weighted by molar-refractivity contribution is 5.95. The number of anilines is 1.